The molecule has 0 bridgehead atoms. The van der Waals surface area contributed by atoms with E-state index >= 15 is 0 Å². The molecule has 1 heterocycles. The molecule has 0 aromatic heterocycles. The lowest BCUT2D eigenvalue weighted by Gasteiger charge is -2.22. The Morgan fingerprint density at radius 1 is 1.43 bits per heavy atom. The highest BCUT2D eigenvalue weighted by molar-refractivity contribution is 5.73. The summed E-state index contributed by atoms with van der Waals surface area (Å²) in [5.74, 6) is 0.951. The Hall–Kier alpha value is -0.570. The van der Waals surface area contributed by atoms with Crippen LogP contribution in [0.3, 0.4) is 0 Å². The first-order valence-corrected chi connectivity index (χ1v) is 5.58. The van der Waals surface area contributed by atoms with Gasteiger partial charge in [-0.15, -0.1) is 0 Å². The molecule has 0 spiro atoms. The highest BCUT2D eigenvalue weighted by Crippen LogP contribution is 2.20. The van der Waals surface area contributed by atoms with Crippen molar-refractivity contribution in [2.45, 2.75) is 39.2 Å². The zero-order valence-corrected chi connectivity index (χ0v) is 9.55. The van der Waals surface area contributed by atoms with Gasteiger partial charge in [-0.3, -0.25) is 4.79 Å². The van der Waals surface area contributed by atoms with Gasteiger partial charge in [0.2, 0.25) is 5.91 Å². The molecular formula is C11H22N2O. The second-order valence-corrected chi connectivity index (χ2v) is 4.27. The maximum atomic E-state index is 11.2. The van der Waals surface area contributed by atoms with Crippen LogP contribution in [0.5, 0.6) is 0 Å². The number of hydrogen-bond donors (Lipinski definition) is 1. The van der Waals surface area contributed by atoms with Crippen LogP contribution in [0.1, 0.15) is 33.1 Å². The molecule has 1 aliphatic rings. The van der Waals surface area contributed by atoms with Gasteiger partial charge in [0.1, 0.15) is 0 Å². The Morgan fingerprint density at radius 3 is 2.71 bits per heavy atom. The van der Waals surface area contributed by atoms with Gasteiger partial charge in [0.05, 0.1) is 0 Å². The number of nitrogens with one attached hydrogen (secondary N) is 1. The molecule has 1 rings (SSSR count). The van der Waals surface area contributed by atoms with E-state index in [1.807, 2.05) is 11.9 Å². The van der Waals surface area contributed by atoms with Crippen molar-refractivity contribution in [3.05, 3.63) is 0 Å². The molecule has 0 radical (unpaired) electrons. The summed E-state index contributed by atoms with van der Waals surface area (Å²) < 4.78 is 0. The zero-order valence-electron chi connectivity index (χ0n) is 9.55. The topological polar surface area (TPSA) is 32.3 Å². The minimum Gasteiger partial charge on any atom is -0.343 e. The molecule has 2 atom stereocenters. The molecule has 1 amide bonds. The smallest absolute Gasteiger partial charge is 0.219 e. The van der Waals surface area contributed by atoms with E-state index < -0.39 is 0 Å². The molecule has 0 aromatic rings. The fourth-order valence-corrected chi connectivity index (χ4v) is 2.17. The van der Waals surface area contributed by atoms with Gasteiger partial charge in [-0.2, -0.15) is 0 Å². The van der Waals surface area contributed by atoms with Gasteiger partial charge in [-0.25, -0.2) is 0 Å². The van der Waals surface area contributed by atoms with Gasteiger partial charge in [0.25, 0.3) is 0 Å². The van der Waals surface area contributed by atoms with E-state index in [-0.39, 0.29) is 5.91 Å². The third kappa shape index (κ3) is 2.98. The van der Waals surface area contributed by atoms with Gasteiger partial charge in [-0.05, 0) is 39.2 Å². The zero-order chi connectivity index (χ0) is 10.6. The Balaban J connectivity index is 2.44. The Labute approximate surface area is 86.9 Å². The van der Waals surface area contributed by atoms with Crippen molar-refractivity contribution in [1.29, 1.82) is 0 Å². The summed E-state index contributed by atoms with van der Waals surface area (Å²) in [5.41, 5.74) is 0. The van der Waals surface area contributed by atoms with Gasteiger partial charge in [-0.1, -0.05) is 0 Å². The van der Waals surface area contributed by atoms with Gasteiger partial charge in [0.15, 0.2) is 0 Å². The SMILES string of the molecule is CNC(C)C1CCCN(C(C)=O)CC1. The summed E-state index contributed by atoms with van der Waals surface area (Å²) in [6.45, 7) is 5.78. The lowest BCUT2D eigenvalue weighted by Crippen LogP contribution is -2.32. The van der Waals surface area contributed by atoms with Crippen molar-refractivity contribution >= 4 is 5.91 Å². The van der Waals surface area contributed by atoms with Crippen molar-refractivity contribution in [2.24, 2.45) is 5.92 Å². The van der Waals surface area contributed by atoms with Crippen LogP contribution in [0, 0.1) is 5.92 Å². The van der Waals surface area contributed by atoms with Crippen LogP contribution in [0.4, 0.5) is 0 Å². The number of carbonyl (C=O) groups excluding carboxylic acids is 1. The number of carbonyl (C=O) groups is 1. The van der Waals surface area contributed by atoms with E-state index in [4.69, 9.17) is 0 Å². The number of likely N-dealkylation sites (tertiary alicyclic amines) is 1. The molecule has 1 fully saturated rings. The van der Waals surface area contributed by atoms with Crippen LogP contribution in [-0.2, 0) is 4.79 Å². The number of rotatable bonds is 2. The minimum atomic E-state index is 0.225. The average Bonchev–Trinajstić information content (AvgIpc) is 2.41. The summed E-state index contributed by atoms with van der Waals surface area (Å²) in [6.07, 6.45) is 3.53. The van der Waals surface area contributed by atoms with E-state index in [1.165, 1.54) is 6.42 Å². The molecule has 0 aliphatic carbocycles. The van der Waals surface area contributed by atoms with E-state index in [0.29, 0.717) is 6.04 Å². The van der Waals surface area contributed by atoms with Gasteiger partial charge < -0.3 is 10.2 Å². The minimum absolute atomic E-state index is 0.225. The Morgan fingerprint density at radius 2 is 2.14 bits per heavy atom. The molecule has 14 heavy (non-hydrogen) atoms. The number of amides is 1. The molecule has 82 valence electrons. The maximum Gasteiger partial charge on any atom is 0.219 e. The summed E-state index contributed by atoms with van der Waals surface area (Å²) >= 11 is 0. The lowest BCUT2D eigenvalue weighted by atomic mass is 9.93. The highest BCUT2D eigenvalue weighted by Gasteiger charge is 2.21. The highest BCUT2D eigenvalue weighted by atomic mass is 16.2. The second-order valence-electron chi connectivity index (χ2n) is 4.27. The van der Waals surface area contributed by atoms with E-state index in [1.54, 1.807) is 6.92 Å². The van der Waals surface area contributed by atoms with Crippen LogP contribution in [-0.4, -0.2) is 37.0 Å². The largest absolute Gasteiger partial charge is 0.343 e. The molecule has 2 unspecified atom stereocenters. The molecule has 3 nitrogen and oxygen atoms in total. The predicted molar refractivity (Wildman–Crippen MR) is 58.1 cm³/mol. The standard InChI is InChI=1S/C11H22N2O/c1-9(12-3)11-5-4-7-13(8-6-11)10(2)14/h9,11-12H,4-8H2,1-3H3. The summed E-state index contributed by atoms with van der Waals surface area (Å²) in [6, 6.07) is 0.571. The summed E-state index contributed by atoms with van der Waals surface area (Å²) in [4.78, 5) is 13.2. The third-order valence-electron chi connectivity index (χ3n) is 3.38. The molecule has 1 saturated heterocycles. The van der Waals surface area contributed by atoms with Crippen molar-refractivity contribution in [3.63, 3.8) is 0 Å². The van der Waals surface area contributed by atoms with Crippen LogP contribution >= 0.6 is 0 Å². The molecule has 1 N–H and O–H groups in total. The van der Waals surface area contributed by atoms with Crippen LogP contribution in [0.2, 0.25) is 0 Å². The van der Waals surface area contributed by atoms with Crippen molar-refractivity contribution in [3.8, 4) is 0 Å². The van der Waals surface area contributed by atoms with Gasteiger partial charge in [0, 0.05) is 26.1 Å². The fourth-order valence-electron chi connectivity index (χ4n) is 2.17. The van der Waals surface area contributed by atoms with E-state index in [9.17, 15) is 4.79 Å². The molecule has 0 aromatic carbocycles. The van der Waals surface area contributed by atoms with E-state index in [0.717, 1.165) is 31.8 Å². The predicted octanol–water partition coefficient (Wildman–Crippen LogP) is 1.24. The molecule has 1 aliphatic heterocycles. The number of nitrogens with zero attached hydrogens (tertiary/aromatic N) is 1. The van der Waals surface area contributed by atoms with Crippen molar-refractivity contribution in [1.82, 2.24) is 10.2 Å². The van der Waals surface area contributed by atoms with Crippen molar-refractivity contribution in [2.75, 3.05) is 20.1 Å². The first kappa shape index (κ1) is 11.5. The first-order chi connectivity index (χ1) is 6.65. The quantitative estimate of drug-likeness (QED) is 0.724. The monoisotopic (exact) mass is 198 g/mol. The first-order valence-electron chi connectivity index (χ1n) is 5.58. The molecule has 3 heteroatoms. The molecule has 0 saturated carbocycles. The molecular weight excluding hydrogens is 176 g/mol. The van der Waals surface area contributed by atoms with Crippen LogP contribution < -0.4 is 5.32 Å². The van der Waals surface area contributed by atoms with Crippen molar-refractivity contribution < 1.29 is 4.79 Å². The van der Waals surface area contributed by atoms with Gasteiger partial charge >= 0.3 is 0 Å². The lowest BCUT2D eigenvalue weighted by molar-refractivity contribution is -0.128. The van der Waals surface area contributed by atoms with Crippen LogP contribution in [0.25, 0.3) is 0 Å². The summed E-state index contributed by atoms with van der Waals surface area (Å²) in [5, 5.41) is 3.30. The number of hydrogen-bond acceptors (Lipinski definition) is 2. The average molecular weight is 198 g/mol. The maximum absolute atomic E-state index is 11.2. The fraction of sp³-hybridized carbons (Fsp3) is 0.909. The Kier molecular flexibility index (Phi) is 4.39. The normalized spacial score (nSPS) is 25.6. The second kappa shape index (κ2) is 5.35. The van der Waals surface area contributed by atoms with E-state index in [2.05, 4.69) is 12.2 Å². The summed E-state index contributed by atoms with van der Waals surface area (Å²) in [7, 11) is 2.01. The van der Waals surface area contributed by atoms with Crippen LogP contribution in [0.15, 0.2) is 0 Å². The third-order valence-corrected chi connectivity index (χ3v) is 3.38. The Bertz CT molecular complexity index is 194.